The second-order valence-corrected chi connectivity index (χ2v) is 2.20. The molecule has 0 aromatic carbocycles. The molecule has 0 radical (unpaired) electrons. The molecule has 0 heterocycles. The molecular formula is C8H10O12Zn. The van der Waals surface area contributed by atoms with Crippen LogP contribution in [0.1, 0.15) is 13.8 Å². The van der Waals surface area contributed by atoms with E-state index in [4.69, 9.17) is 59.4 Å². The van der Waals surface area contributed by atoms with E-state index in [0.717, 1.165) is 13.8 Å². The minimum absolute atomic E-state index is 0. The predicted molar refractivity (Wildman–Crippen MR) is 51.9 cm³/mol. The molecule has 12 nitrogen and oxygen atoms in total. The van der Waals surface area contributed by atoms with Gasteiger partial charge in [0.05, 0.1) is 0 Å². The maximum Gasteiger partial charge on any atom is 2.00 e. The van der Waals surface area contributed by atoms with Gasteiger partial charge in [-0.05, 0) is 13.8 Å². The van der Waals surface area contributed by atoms with Crippen LogP contribution in [0.4, 0.5) is 0 Å². The topological polar surface area (TPSA) is 229 Å². The van der Waals surface area contributed by atoms with Crippen LogP contribution >= 0.6 is 0 Å². The van der Waals surface area contributed by atoms with Crippen LogP contribution in [0.15, 0.2) is 0 Å². The van der Waals surface area contributed by atoms with Crippen molar-refractivity contribution >= 4 is 35.8 Å². The van der Waals surface area contributed by atoms with Gasteiger partial charge in [-0.2, -0.15) is 0 Å². The summed E-state index contributed by atoms with van der Waals surface area (Å²) >= 11 is 0. The van der Waals surface area contributed by atoms with Crippen molar-refractivity contribution in [3.8, 4) is 0 Å². The molecule has 0 aromatic heterocycles. The molecule has 0 bridgehead atoms. The van der Waals surface area contributed by atoms with Gasteiger partial charge in [0, 0.05) is 11.9 Å². The van der Waals surface area contributed by atoms with Gasteiger partial charge in [0.2, 0.25) is 0 Å². The number of hydrogen-bond acceptors (Lipinski definition) is 8. The Labute approximate surface area is 129 Å². The van der Waals surface area contributed by atoms with Gasteiger partial charge >= 0.3 is 43.4 Å². The zero-order valence-electron chi connectivity index (χ0n) is 10.8. The minimum Gasteiger partial charge on any atom is -0.550 e. The van der Waals surface area contributed by atoms with Crippen LogP contribution < -0.4 is 10.2 Å². The second-order valence-electron chi connectivity index (χ2n) is 2.20. The van der Waals surface area contributed by atoms with E-state index in [0.29, 0.717) is 0 Å². The normalized spacial score (nSPS) is 6.57. The number of carbonyl (C=O) groups is 6. The SMILES string of the molecule is CC(=O)[O-].CC(=O)[O-].O=C(O)C(=O)O.O=C(O)C(=O)O.[Zn+2]. The molecule has 0 amide bonds. The molecule has 0 aliphatic rings. The van der Waals surface area contributed by atoms with E-state index in [-0.39, 0.29) is 19.5 Å². The first kappa shape index (κ1) is 31.1. The van der Waals surface area contributed by atoms with Crippen molar-refractivity contribution in [2.45, 2.75) is 13.8 Å². The van der Waals surface area contributed by atoms with Crippen molar-refractivity contribution in [3.63, 3.8) is 0 Å². The Kier molecular flexibility index (Phi) is 29.2. The number of aliphatic carboxylic acids is 6. The minimum atomic E-state index is -1.82. The zero-order chi connectivity index (χ0) is 17.5. The maximum absolute atomic E-state index is 9.10. The van der Waals surface area contributed by atoms with Gasteiger partial charge in [0.15, 0.2) is 0 Å². The van der Waals surface area contributed by atoms with Crippen LogP contribution in [0.5, 0.6) is 0 Å². The van der Waals surface area contributed by atoms with Gasteiger partial charge in [-0.15, -0.1) is 0 Å². The molecule has 0 aromatic rings. The summed E-state index contributed by atoms with van der Waals surface area (Å²) < 4.78 is 0. The van der Waals surface area contributed by atoms with Crippen LogP contribution in [0.3, 0.4) is 0 Å². The molecule has 116 valence electrons. The fraction of sp³-hybridized carbons (Fsp3) is 0.250. The molecule has 0 saturated heterocycles. The summed E-state index contributed by atoms with van der Waals surface area (Å²) in [6.07, 6.45) is 0. The number of rotatable bonds is 0. The summed E-state index contributed by atoms with van der Waals surface area (Å²) in [5.41, 5.74) is 0. The third-order valence-electron chi connectivity index (χ3n) is 0.366. The van der Waals surface area contributed by atoms with E-state index in [9.17, 15) is 0 Å². The smallest absolute Gasteiger partial charge is 0.550 e. The first-order valence-electron chi connectivity index (χ1n) is 4.03. The first-order valence-corrected chi connectivity index (χ1v) is 4.03. The van der Waals surface area contributed by atoms with E-state index in [2.05, 4.69) is 0 Å². The Morgan fingerprint density at radius 2 is 0.619 bits per heavy atom. The summed E-state index contributed by atoms with van der Waals surface area (Å²) in [5.74, 6) is -9.46. The fourth-order valence-electron chi connectivity index (χ4n) is 0. The molecule has 0 fully saturated rings. The quantitative estimate of drug-likeness (QED) is 0.237. The predicted octanol–water partition coefficient (Wildman–Crippen LogP) is -4.18. The monoisotopic (exact) mass is 362 g/mol. The molecule has 0 saturated carbocycles. The van der Waals surface area contributed by atoms with E-state index in [1.807, 2.05) is 0 Å². The fourth-order valence-corrected chi connectivity index (χ4v) is 0. The Morgan fingerprint density at radius 3 is 0.619 bits per heavy atom. The van der Waals surface area contributed by atoms with Gasteiger partial charge in [-0.3, -0.25) is 0 Å². The molecule has 0 rings (SSSR count). The van der Waals surface area contributed by atoms with Gasteiger partial charge in [-0.1, -0.05) is 0 Å². The summed E-state index contributed by atoms with van der Waals surface area (Å²) in [4.78, 5) is 54.2. The average Bonchev–Trinajstić information content (AvgIpc) is 2.15. The van der Waals surface area contributed by atoms with Crippen molar-refractivity contribution in [3.05, 3.63) is 0 Å². The Hall–Kier alpha value is -2.56. The third-order valence-corrected chi connectivity index (χ3v) is 0.366. The summed E-state index contributed by atoms with van der Waals surface area (Å²) in [6.45, 7) is 1.94. The van der Waals surface area contributed by atoms with Gasteiger partial charge in [0.25, 0.3) is 0 Å². The van der Waals surface area contributed by atoms with Crippen molar-refractivity contribution in [1.82, 2.24) is 0 Å². The number of carboxylic acids is 6. The molecule has 0 atom stereocenters. The van der Waals surface area contributed by atoms with E-state index in [1.165, 1.54) is 0 Å². The number of hydrogen-bond donors (Lipinski definition) is 4. The van der Waals surface area contributed by atoms with E-state index < -0.39 is 35.8 Å². The Morgan fingerprint density at radius 1 is 0.571 bits per heavy atom. The van der Waals surface area contributed by atoms with Crippen LogP contribution in [-0.4, -0.2) is 56.2 Å². The standard InChI is InChI=1S/2C2H2O4.2C2H4O2.Zn/c2*3-1(4)2(5)6;2*1-2(3)4;/h2*(H,3,4)(H,5,6);2*1H3,(H,3,4);/q;;;;+2/p-2. The summed E-state index contributed by atoms with van der Waals surface area (Å²) in [5, 5.41) is 47.3. The van der Waals surface area contributed by atoms with Crippen LogP contribution in [0.25, 0.3) is 0 Å². The molecule has 13 heteroatoms. The van der Waals surface area contributed by atoms with Crippen molar-refractivity contribution in [2.24, 2.45) is 0 Å². The van der Waals surface area contributed by atoms with Gasteiger partial charge in [0.1, 0.15) is 0 Å². The van der Waals surface area contributed by atoms with Gasteiger partial charge in [-0.25, -0.2) is 19.2 Å². The largest absolute Gasteiger partial charge is 2.00 e. The Balaban J connectivity index is -0.0000000544. The maximum atomic E-state index is 9.10. The molecule has 0 aliphatic carbocycles. The van der Waals surface area contributed by atoms with Gasteiger partial charge < -0.3 is 40.2 Å². The first-order chi connectivity index (χ1) is 8.75. The zero-order valence-corrected chi connectivity index (χ0v) is 13.7. The average molecular weight is 364 g/mol. The third kappa shape index (κ3) is 140. The summed E-state index contributed by atoms with van der Waals surface area (Å²) in [6, 6.07) is 0. The van der Waals surface area contributed by atoms with Crippen molar-refractivity contribution < 1.29 is 78.9 Å². The second kappa shape index (κ2) is 19.8. The van der Waals surface area contributed by atoms with Crippen LogP contribution in [0, 0.1) is 0 Å². The summed E-state index contributed by atoms with van der Waals surface area (Å²) in [7, 11) is 0. The Bertz CT molecular complexity index is 305. The molecule has 21 heavy (non-hydrogen) atoms. The van der Waals surface area contributed by atoms with Crippen molar-refractivity contribution in [2.75, 3.05) is 0 Å². The van der Waals surface area contributed by atoms with E-state index >= 15 is 0 Å². The molecular weight excluding hydrogens is 353 g/mol. The number of carboxylic acid groups (broad SMARTS) is 6. The molecule has 0 spiro atoms. The molecule has 0 aliphatic heterocycles. The van der Waals surface area contributed by atoms with Crippen molar-refractivity contribution in [1.29, 1.82) is 0 Å². The van der Waals surface area contributed by atoms with E-state index in [1.54, 1.807) is 0 Å². The van der Waals surface area contributed by atoms with Crippen LogP contribution in [-0.2, 0) is 48.2 Å². The molecule has 0 unspecified atom stereocenters. The van der Waals surface area contributed by atoms with Crippen LogP contribution in [0.2, 0.25) is 0 Å². The molecule has 4 N–H and O–H groups in total. The number of carbonyl (C=O) groups excluding carboxylic acids is 2.